The quantitative estimate of drug-likeness (QED) is 0.0987. The van der Waals surface area contributed by atoms with Crippen LogP contribution in [0.4, 0.5) is 0 Å². The first-order valence-electron chi connectivity index (χ1n) is 17.7. The lowest BCUT2D eigenvalue weighted by Gasteiger charge is -2.19. The molecule has 0 aliphatic carbocycles. The van der Waals surface area contributed by atoms with Crippen molar-refractivity contribution in [2.24, 2.45) is 0 Å². The number of likely N-dealkylation sites (tertiary alicyclic amines) is 1. The lowest BCUT2D eigenvalue weighted by Crippen LogP contribution is -2.39. The number of aliphatic hydroxyl groups excluding tert-OH is 1. The lowest BCUT2D eigenvalue weighted by molar-refractivity contribution is -0.140. The molecule has 0 amide bonds. The number of aromatic nitrogens is 1. The van der Waals surface area contributed by atoms with Gasteiger partial charge in [0.15, 0.2) is 0 Å². The number of pyridine rings is 1. The predicted octanol–water partition coefficient (Wildman–Crippen LogP) is 7.85. The molecule has 53 heavy (non-hydrogen) atoms. The van der Waals surface area contributed by atoms with E-state index in [9.17, 15) is 20.3 Å². The highest BCUT2D eigenvalue weighted by atomic mass is 35.5. The number of aliphatic hydroxyl groups is 1. The van der Waals surface area contributed by atoms with Gasteiger partial charge >= 0.3 is 5.97 Å². The average molecular weight is 731 g/mol. The zero-order chi connectivity index (χ0) is 37.3. The van der Waals surface area contributed by atoms with Gasteiger partial charge in [-0.05, 0) is 96.4 Å². The molecule has 1 atom stereocenters. The van der Waals surface area contributed by atoms with Crippen LogP contribution in [-0.4, -0.2) is 51.8 Å². The van der Waals surface area contributed by atoms with Crippen LogP contribution in [0, 0.1) is 25.2 Å². The van der Waals surface area contributed by atoms with Gasteiger partial charge in [0, 0.05) is 42.7 Å². The highest BCUT2D eigenvalue weighted by molar-refractivity contribution is 6.32. The summed E-state index contributed by atoms with van der Waals surface area (Å²) in [6, 6.07) is 27.6. The third-order valence-corrected chi connectivity index (χ3v) is 10.1. The number of hydrogen-bond acceptors (Lipinski definition) is 8. The smallest absolute Gasteiger partial charge is 0.323 e. The number of nitriles is 1. The van der Waals surface area contributed by atoms with Crippen LogP contribution >= 0.6 is 11.6 Å². The molecule has 1 aliphatic rings. The van der Waals surface area contributed by atoms with Crippen molar-refractivity contribution in [2.45, 2.75) is 59.0 Å². The molecule has 1 aromatic heterocycles. The van der Waals surface area contributed by atoms with Crippen molar-refractivity contribution in [3.8, 4) is 39.8 Å². The third-order valence-electron chi connectivity index (χ3n) is 9.78. The van der Waals surface area contributed by atoms with Crippen LogP contribution < -0.4 is 14.8 Å². The van der Waals surface area contributed by atoms with E-state index in [0.29, 0.717) is 33.2 Å². The second-order valence-corrected chi connectivity index (χ2v) is 13.8. The summed E-state index contributed by atoms with van der Waals surface area (Å²) in [5, 5.41) is 31.3. The number of rotatable bonds is 15. The minimum atomic E-state index is -1.18. The molecule has 272 valence electrons. The molecule has 0 bridgehead atoms. The summed E-state index contributed by atoms with van der Waals surface area (Å²) < 4.78 is 12.5. The minimum absolute atomic E-state index is 0.0612. The number of benzene rings is 4. The maximum atomic E-state index is 11.5. The van der Waals surface area contributed by atoms with Gasteiger partial charge < -0.3 is 19.7 Å². The lowest BCUT2D eigenvalue weighted by atomic mass is 9.89. The van der Waals surface area contributed by atoms with Crippen LogP contribution in [0.5, 0.6) is 11.5 Å². The molecular formula is C43H43ClN4O5. The molecule has 1 fully saturated rings. The Bertz CT molecular complexity index is 2110. The van der Waals surface area contributed by atoms with E-state index in [1.54, 1.807) is 24.4 Å². The monoisotopic (exact) mass is 730 g/mol. The van der Waals surface area contributed by atoms with Crippen molar-refractivity contribution in [2.75, 3.05) is 19.7 Å². The Morgan fingerprint density at radius 1 is 0.887 bits per heavy atom. The van der Waals surface area contributed by atoms with Crippen molar-refractivity contribution < 1.29 is 24.5 Å². The van der Waals surface area contributed by atoms with Crippen LogP contribution in [0.15, 0.2) is 91.3 Å². The number of nitrogens with one attached hydrogen (secondary N) is 1. The molecule has 6 rings (SSSR count). The Morgan fingerprint density at radius 2 is 1.58 bits per heavy atom. The van der Waals surface area contributed by atoms with Gasteiger partial charge in [0.2, 0.25) is 0 Å². The van der Waals surface area contributed by atoms with Gasteiger partial charge in [-0.1, -0.05) is 72.3 Å². The molecule has 0 unspecified atom stereocenters. The molecule has 3 N–H and O–H groups in total. The van der Waals surface area contributed by atoms with Gasteiger partial charge in [-0.3, -0.25) is 20.0 Å². The highest BCUT2D eigenvalue weighted by Crippen LogP contribution is 2.37. The zero-order valence-corrected chi connectivity index (χ0v) is 30.7. The standard InChI is InChI=1S/C43H43ClN4O5/c1-28-34(7-5-9-37(28)38-10-6-8-36(29(38)2)33-13-11-30(12-14-33)24-48-15-3-4-16-48)27-53-42-19-41(52-26-32-17-31(20-45)21-46-22-32)35(18-39(42)44)23-47-40(25-49)43(50)51/h5-14,17-19,21-22,40,47,49H,3-4,15-16,23-27H2,1-2H3,(H,50,51)/t40-/m0/s1. The fraction of sp³-hybridized carbons (Fsp3) is 0.279. The fourth-order valence-corrected chi connectivity index (χ4v) is 6.97. The molecule has 4 aromatic carbocycles. The molecule has 9 nitrogen and oxygen atoms in total. The summed E-state index contributed by atoms with van der Waals surface area (Å²) in [5.41, 5.74) is 11.0. The summed E-state index contributed by atoms with van der Waals surface area (Å²) in [5.74, 6) is -0.382. The van der Waals surface area contributed by atoms with E-state index in [-0.39, 0.29) is 19.8 Å². The molecule has 2 heterocycles. The van der Waals surface area contributed by atoms with Crippen molar-refractivity contribution in [1.29, 1.82) is 5.26 Å². The topological polar surface area (TPSA) is 128 Å². The van der Waals surface area contributed by atoms with E-state index >= 15 is 0 Å². The maximum Gasteiger partial charge on any atom is 0.323 e. The van der Waals surface area contributed by atoms with Crippen LogP contribution in [0.2, 0.25) is 5.02 Å². The second-order valence-electron chi connectivity index (χ2n) is 13.4. The van der Waals surface area contributed by atoms with Gasteiger partial charge in [0.1, 0.15) is 36.8 Å². The molecule has 0 spiro atoms. The number of ether oxygens (including phenoxy) is 2. The van der Waals surface area contributed by atoms with E-state index < -0.39 is 18.6 Å². The maximum absolute atomic E-state index is 11.5. The number of carboxylic acids is 1. The SMILES string of the molecule is Cc1c(COc2cc(OCc3cncc(C#N)c3)c(CN[C@@H](CO)C(=O)O)cc2Cl)cccc1-c1cccc(-c2ccc(CN3CCCC3)cc2)c1C. The van der Waals surface area contributed by atoms with Crippen molar-refractivity contribution >= 4 is 17.6 Å². The molecule has 0 radical (unpaired) electrons. The largest absolute Gasteiger partial charge is 0.488 e. The highest BCUT2D eigenvalue weighted by Gasteiger charge is 2.19. The van der Waals surface area contributed by atoms with Crippen molar-refractivity contribution in [3.05, 3.63) is 135 Å². The van der Waals surface area contributed by atoms with Gasteiger partial charge in [0.05, 0.1) is 17.2 Å². The van der Waals surface area contributed by atoms with E-state index in [1.807, 2.05) is 12.1 Å². The Labute approximate surface area is 315 Å². The number of carboxylic acid groups (broad SMARTS) is 1. The molecular weight excluding hydrogens is 688 g/mol. The second kappa shape index (κ2) is 17.5. The van der Waals surface area contributed by atoms with Crippen molar-refractivity contribution in [1.82, 2.24) is 15.2 Å². The summed E-state index contributed by atoms with van der Waals surface area (Å²) in [6.07, 6.45) is 5.65. The molecule has 10 heteroatoms. The third kappa shape index (κ3) is 9.23. The predicted molar refractivity (Wildman–Crippen MR) is 206 cm³/mol. The average Bonchev–Trinajstić information content (AvgIpc) is 3.68. The van der Waals surface area contributed by atoms with Crippen LogP contribution in [0.3, 0.4) is 0 Å². The minimum Gasteiger partial charge on any atom is -0.488 e. The Kier molecular flexibility index (Phi) is 12.4. The van der Waals surface area contributed by atoms with Crippen LogP contribution in [0.25, 0.3) is 22.3 Å². The molecule has 1 saturated heterocycles. The number of aliphatic carboxylic acids is 1. The first-order valence-corrected chi connectivity index (χ1v) is 18.1. The summed E-state index contributed by atoms with van der Waals surface area (Å²) >= 11 is 6.73. The van der Waals surface area contributed by atoms with Gasteiger partial charge in [-0.2, -0.15) is 5.26 Å². The first-order chi connectivity index (χ1) is 25.7. The Morgan fingerprint density at radius 3 is 2.30 bits per heavy atom. The van der Waals surface area contributed by atoms with Crippen LogP contribution in [-0.2, 0) is 31.1 Å². The van der Waals surface area contributed by atoms with Gasteiger partial charge in [-0.15, -0.1) is 0 Å². The van der Waals surface area contributed by atoms with Crippen molar-refractivity contribution in [3.63, 3.8) is 0 Å². The number of nitrogens with zero attached hydrogens (tertiary/aromatic N) is 3. The normalized spacial score (nSPS) is 13.4. The molecule has 1 aliphatic heterocycles. The Hall–Kier alpha value is -5.24. The van der Waals surface area contributed by atoms with Crippen LogP contribution in [0.1, 0.15) is 51.8 Å². The van der Waals surface area contributed by atoms with Gasteiger partial charge in [0.25, 0.3) is 0 Å². The fourth-order valence-electron chi connectivity index (χ4n) is 6.73. The van der Waals surface area contributed by atoms with E-state index in [4.69, 9.17) is 21.1 Å². The van der Waals surface area contributed by atoms with E-state index in [0.717, 1.165) is 28.8 Å². The Balaban J connectivity index is 1.22. The number of hydrogen-bond donors (Lipinski definition) is 3. The number of carbonyl (C=O) groups is 1. The van der Waals surface area contributed by atoms with E-state index in [2.05, 4.69) is 83.6 Å². The zero-order valence-electron chi connectivity index (χ0n) is 29.9. The first kappa shape index (κ1) is 37.5. The van der Waals surface area contributed by atoms with Gasteiger partial charge in [-0.25, -0.2) is 0 Å². The summed E-state index contributed by atoms with van der Waals surface area (Å²) in [7, 11) is 0. The van der Waals surface area contributed by atoms with E-state index in [1.165, 1.54) is 54.4 Å². The summed E-state index contributed by atoms with van der Waals surface area (Å²) in [6.45, 7) is 7.46. The molecule has 5 aromatic rings. The summed E-state index contributed by atoms with van der Waals surface area (Å²) in [4.78, 5) is 18.1. The number of halogens is 1. The molecule has 0 saturated carbocycles.